The molecule has 5 aromatic rings. The number of nitrogens with one attached hydrogen (secondary N) is 1. The van der Waals surface area contributed by atoms with E-state index in [1.54, 1.807) is 12.1 Å². The molecule has 0 radical (unpaired) electrons. The standard InChI is InChI=1S/C27H23N5O2S/c1-2-16-34-22-15-9-12-20(17-22)24-23(18-32(31-24)21-13-7-4-8-14-21)26-29-30-27(35-26)28-25(33)19-10-5-3-6-11-19/h3-15,17-18H,2,16H2,1H3,(H,28,30,33). The first-order valence-electron chi connectivity index (χ1n) is 11.3. The van der Waals surface area contributed by atoms with Crippen molar-refractivity contribution in [2.75, 3.05) is 11.9 Å². The number of carbonyl (C=O) groups excluding carboxylic acids is 1. The van der Waals surface area contributed by atoms with Crippen LogP contribution in [-0.2, 0) is 0 Å². The summed E-state index contributed by atoms with van der Waals surface area (Å²) >= 11 is 1.31. The molecule has 2 heterocycles. The van der Waals surface area contributed by atoms with E-state index in [9.17, 15) is 4.79 Å². The molecule has 5 rings (SSSR count). The van der Waals surface area contributed by atoms with Crippen LogP contribution in [0.25, 0.3) is 27.5 Å². The summed E-state index contributed by atoms with van der Waals surface area (Å²) < 4.78 is 7.66. The fourth-order valence-corrected chi connectivity index (χ4v) is 4.30. The molecular formula is C27H23N5O2S. The van der Waals surface area contributed by atoms with Crippen molar-refractivity contribution in [2.24, 2.45) is 0 Å². The molecular weight excluding hydrogens is 458 g/mol. The van der Waals surface area contributed by atoms with Gasteiger partial charge in [0.1, 0.15) is 11.4 Å². The Balaban J connectivity index is 1.51. The minimum Gasteiger partial charge on any atom is -0.494 e. The van der Waals surface area contributed by atoms with Crippen LogP contribution >= 0.6 is 11.3 Å². The van der Waals surface area contributed by atoms with Crippen molar-refractivity contribution in [2.45, 2.75) is 13.3 Å². The topological polar surface area (TPSA) is 81.9 Å². The number of hydrogen-bond acceptors (Lipinski definition) is 6. The SMILES string of the molecule is CCCOc1cccc(-c2nn(-c3ccccc3)cc2-c2nnc(NC(=O)c3ccccc3)s2)c1. The Morgan fingerprint density at radius 3 is 2.51 bits per heavy atom. The quantitative estimate of drug-likeness (QED) is 0.290. The molecule has 174 valence electrons. The average molecular weight is 482 g/mol. The normalized spacial score (nSPS) is 10.8. The van der Waals surface area contributed by atoms with Gasteiger partial charge in [-0.2, -0.15) is 5.10 Å². The zero-order valence-corrected chi connectivity index (χ0v) is 19.9. The number of para-hydroxylation sites is 1. The summed E-state index contributed by atoms with van der Waals surface area (Å²) in [5, 5.41) is 17.4. The fraction of sp³-hybridized carbons (Fsp3) is 0.111. The molecule has 0 bridgehead atoms. The molecule has 0 atom stereocenters. The largest absolute Gasteiger partial charge is 0.494 e. The van der Waals surface area contributed by atoms with Gasteiger partial charge < -0.3 is 4.74 Å². The van der Waals surface area contributed by atoms with E-state index in [2.05, 4.69) is 22.4 Å². The highest BCUT2D eigenvalue weighted by Crippen LogP contribution is 2.36. The van der Waals surface area contributed by atoms with Crippen LogP contribution in [0.2, 0.25) is 0 Å². The van der Waals surface area contributed by atoms with Crippen LogP contribution in [0.1, 0.15) is 23.7 Å². The number of benzene rings is 3. The molecule has 1 amide bonds. The van der Waals surface area contributed by atoms with Gasteiger partial charge in [0.25, 0.3) is 5.91 Å². The van der Waals surface area contributed by atoms with Gasteiger partial charge in [0.05, 0.1) is 17.9 Å². The van der Waals surface area contributed by atoms with Crippen LogP contribution in [0.3, 0.4) is 0 Å². The minimum atomic E-state index is -0.228. The van der Waals surface area contributed by atoms with Crippen molar-refractivity contribution < 1.29 is 9.53 Å². The van der Waals surface area contributed by atoms with Gasteiger partial charge in [-0.15, -0.1) is 10.2 Å². The van der Waals surface area contributed by atoms with E-state index >= 15 is 0 Å². The third-order valence-electron chi connectivity index (χ3n) is 5.23. The maximum absolute atomic E-state index is 12.6. The predicted octanol–water partition coefficient (Wildman–Crippen LogP) is 6.10. The Morgan fingerprint density at radius 2 is 1.74 bits per heavy atom. The van der Waals surface area contributed by atoms with Gasteiger partial charge in [0.2, 0.25) is 5.13 Å². The van der Waals surface area contributed by atoms with E-state index in [1.165, 1.54) is 11.3 Å². The van der Waals surface area contributed by atoms with E-state index in [0.29, 0.717) is 22.3 Å². The smallest absolute Gasteiger partial charge is 0.257 e. The maximum atomic E-state index is 12.6. The van der Waals surface area contributed by atoms with Crippen molar-refractivity contribution in [1.29, 1.82) is 0 Å². The second-order valence-corrected chi connectivity index (χ2v) is 8.76. The summed E-state index contributed by atoms with van der Waals surface area (Å²) in [6, 6.07) is 26.8. The molecule has 7 nitrogen and oxygen atoms in total. The molecule has 0 aliphatic rings. The van der Waals surface area contributed by atoms with E-state index in [0.717, 1.165) is 34.7 Å². The lowest BCUT2D eigenvalue weighted by atomic mass is 10.1. The minimum absolute atomic E-state index is 0.228. The third kappa shape index (κ3) is 5.12. The molecule has 3 aromatic carbocycles. The Hall–Kier alpha value is -4.30. The molecule has 1 N–H and O–H groups in total. The Labute approximate surface area is 207 Å². The molecule has 8 heteroatoms. The first-order valence-corrected chi connectivity index (χ1v) is 12.1. The number of nitrogens with zero attached hydrogens (tertiary/aromatic N) is 4. The monoisotopic (exact) mass is 481 g/mol. The summed E-state index contributed by atoms with van der Waals surface area (Å²) in [7, 11) is 0. The third-order valence-corrected chi connectivity index (χ3v) is 6.10. The average Bonchev–Trinajstić information content (AvgIpc) is 3.56. The van der Waals surface area contributed by atoms with Gasteiger partial charge in [0.15, 0.2) is 5.01 Å². The number of anilines is 1. The number of rotatable bonds is 8. The number of ether oxygens (including phenoxy) is 1. The molecule has 0 saturated carbocycles. The van der Waals surface area contributed by atoms with Crippen LogP contribution < -0.4 is 10.1 Å². The zero-order chi connectivity index (χ0) is 24.0. The number of amides is 1. The molecule has 0 fully saturated rings. The molecule has 0 aliphatic carbocycles. The van der Waals surface area contributed by atoms with Gasteiger partial charge in [-0.25, -0.2) is 4.68 Å². The maximum Gasteiger partial charge on any atom is 0.257 e. The first kappa shape index (κ1) is 22.5. The zero-order valence-electron chi connectivity index (χ0n) is 19.1. The predicted molar refractivity (Wildman–Crippen MR) is 138 cm³/mol. The lowest BCUT2D eigenvalue weighted by Gasteiger charge is -2.06. The highest BCUT2D eigenvalue weighted by atomic mass is 32.1. The highest BCUT2D eigenvalue weighted by molar-refractivity contribution is 7.18. The number of aromatic nitrogens is 4. The highest BCUT2D eigenvalue weighted by Gasteiger charge is 2.19. The van der Waals surface area contributed by atoms with Crippen LogP contribution in [0.4, 0.5) is 5.13 Å². The van der Waals surface area contributed by atoms with Crippen molar-refractivity contribution >= 4 is 22.4 Å². The van der Waals surface area contributed by atoms with Gasteiger partial charge in [-0.05, 0) is 42.8 Å². The van der Waals surface area contributed by atoms with Crippen LogP contribution in [0.5, 0.6) is 5.75 Å². The summed E-state index contributed by atoms with van der Waals surface area (Å²) in [6.07, 6.45) is 2.87. The van der Waals surface area contributed by atoms with Crippen molar-refractivity contribution in [3.8, 4) is 33.3 Å². The molecule has 0 spiro atoms. The molecule has 0 unspecified atom stereocenters. The van der Waals surface area contributed by atoms with Gasteiger partial charge in [0, 0.05) is 17.3 Å². The van der Waals surface area contributed by atoms with Crippen LogP contribution in [0, 0.1) is 0 Å². The van der Waals surface area contributed by atoms with Gasteiger partial charge in [-0.1, -0.05) is 66.8 Å². The van der Waals surface area contributed by atoms with Crippen molar-refractivity contribution in [3.05, 3.63) is 96.7 Å². The number of carbonyl (C=O) groups is 1. The molecule has 2 aromatic heterocycles. The summed E-state index contributed by atoms with van der Waals surface area (Å²) in [5.41, 5.74) is 3.98. The summed E-state index contributed by atoms with van der Waals surface area (Å²) in [6.45, 7) is 2.72. The van der Waals surface area contributed by atoms with Crippen molar-refractivity contribution in [1.82, 2.24) is 20.0 Å². The van der Waals surface area contributed by atoms with Gasteiger partial charge in [-0.3, -0.25) is 10.1 Å². The molecule has 0 saturated heterocycles. The first-order chi connectivity index (χ1) is 17.2. The van der Waals surface area contributed by atoms with Crippen molar-refractivity contribution in [3.63, 3.8) is 0 Å². The second kappa shape index (κ2) is 10.3. The lowest BCUT2D eigenvalue weighted by molar-refractivity contribution is 0.102. The summed E-state index contributed by atoms with van der Waals surface area (Å²) in [5.74, 6) is 0.562. The Kier molecular flexibility index (Phi) is 6.63. The second-order valence-electron chi connectivity index (χ2n) is 7.78. The van der Waals surface area contributed by atoms with Crippen LogP contribution in [-0.4, -0.2) is 32.5 Å². The van der Waals surface area contributed by atoms with Gasteiger partial charge >= 0.3 is 0 Å². The molecule has 35 heavy (non-hydrogen) atoms. The Morgan fingerprint density at radius 1 is 0.971 bits per heavy atom. The van der Waals surface area contributed by atoms with E-state index in [-0.39, 0.29) is 5.91 Å². The molecule has 0 aliphatic heterocycles. The lowest BCUT2D eigenvalue weighted by Crippen LogP contribution is -2.11. The fourth-order valence-electron chi connectivity index (χ4n) is 3.55. The van der Waals surface area contributed by atoms with Crippen LogP contribution in [0.15, 0.2) is 91.1 Å². The van der Waals surface area contributed by atoms with E-state index < -0.39 is 0 Å². The van der Waals surface area contributed by atoms with E-state index in [4.69, 9.17) is 9.84 Å². The number of hydrogen-bond donors (Lipinski definition) is 1. The summed E-state index contributed by atoms with van der Waals surface area (Å²) in [4.78, 5) is 12.6. The van der Waals surface area contributed by atoms with E-state index in [1.807, 2.05) is 83.7 Å². The Bertz CT molecular complexity index is 1430.